The summed E-state index contributed by atoms with van der Waals surface area (Å²) in [5, 5.41) is 0. The number of ether oxygens (including phenoxy) is 3. The minimum Gasteiger partial charge on any atom is -0.458 e. The molecule has 0 saturated heterocycles. The lowest BCUT2D eigenvalue weighted by atomic mass is 9.94. The molecule has 0 N–H and O–H groups in total. The van der Waals surface area contributed by atoms with Crippen molar-refractivity contribution < 1.29 is 19.0 Å². The van der Waals surface area contributed by atoms with Crippen LogP contribution in [0.5, 0.6) is 0 Å². The van der Waals surface area contributed by atoms with E-state index in [-0.39, 0.29) is 24.8 Å². The molecule has 4 heteroatoms. The SMILES string of the molecule is CCOCC(=O)O[C@@H]1CCCC[C@@H]1OC. The van der Waals surface area contributed by atoms with E-state index in [2.05, 4.69) is 0 Å². The molecule has 1 aliphatic carbocycles. The minimum atomic E-state index is -0.286. The largest absolute Gasteiger partial charge is 0.458 e. The maximum Gasteiger partial charge on any atom is 0.332 e. The molecule has 4 nitrogen and oxygen atoms in total. The van der Waals surface area contributed by atoms with Gasteiger partial charge in [-0.2, -0.15) is 0 Å². The van der Waals surface area contributed by atoms with E-state index in [1.165, 1.54) is 0 Å². The van der Waals surface area contributed by atoms with E-state index in [9.17, 15) is 4.79 Å². The number of carbonyl (C=O) groups excluding carboxylic acids is 1. The highest BCUT2D eigenvalue weighted by atomic mass is 16.6. The van der Waals surface area contributed by atoms with E-state index in [4.69, 9.17) is 14.2 Å². The van der Waals surface area contributed by atoms with E-state index in [0.717, 1.165) is 25.7 Å². The van der Waals surface area contributed by atoms with Gasteiger partial charge in [0.25, 0.3) is 0 Å². The molecule has 0 unspecified atom stereocenters. The molecule has 1 aliphatic rings. The van der Waals surface area contributed by atoms with Crippen LogP contribution in [0.2, 0.25) is 0 Å². The molecule has 0 aliphatic heterocycles. The van der Waals surface area contributed by atoms with Gasteiger partial charge in [0.15, 0.2) is 0 Å². The van der Waals surface area contributed by atoms with Gasteiger partial charge in [-0.15, -0.1) is 0 Å². The van der Waals surface area contributed by atoms with Crippen molar-refractivity contribution in [2.24, 2.45) is 0 Å². The van der Waals surface area contributed by atoms with Gasteiger partial charge in [-0.05, 0) is 26.2 Å². The van der Waals surface area contributed by atoms with Crippen LogP contribution in [-0.2, 0) is 19.0 Å². The van der Waals surface area contributed by atoms with Gasteiger partial charge >= 0.3 is 5.97 Å². The average Bonchev–Trinajstić information content (AvgIpc) is 2.27. The fraction of sp³-hybridized carbons (Fsp3) is 0.909. The lowest BCUT2D eigenvalue weighted by Crippen LogP contribution is -2.36. The van der Waals surface area contributed by atoms with Crippen LogP contribution in [-0.4, -0.2) is 38.5 Å². The van der Waals surface area contributed by atoms with E-state index in [1.54, 1.807) is 7.11 Å². The quantitative estimate of drug-likeness (QED) is 0.654. The third-order valence-electron chi connectivity index (χ3n) is 2.65. The van der Waals surface area contributed by atoms with Crippen LogP contribution < -0.4 is 0 Å². The third-order valence-corrected chi connectivity index (χ3v) is 2.65. The van der Waals surface area contributed by atoms with Crippen molar-refractivity contribution in [1.29, 1.82) is 0 Å². The molecule has 0 spiro atoms. The number of methoxy groups -OCH3 is 1. The second kappa shape index (κ2) is 6.80. The van der Waals surface area contributed by atoms with Gasteiger partial charge in [-0.25, -0.2) is 4.79 Å². The van der Waals surface area contributed by atoms with Crippen molar-refractivity contribution in [2.75, 3.05) is 20.3 Å². The Morgan fingerprint density at radius 3 is 2.53 bits per heavy atom. The second-order valence-corrected chi connectivity index (χ2v) is 3.72. The van der Waals surface area contributed by atoms with Crippen LogP contribution in [0, 0.1) is 0 Å². The molecular formula is C11H20O4. The zero-order valence-electron chi connectivity index (χ0n) is 9.53. The molecule has 15 heavy (non-hydrogen) atoms. The fourth-order valence-electron chi connectivity index (χ4n) is 1.86. The summed E-state index contributed by atoms with van der Waals surface area (Å²) in [6.45, 7) is 2.43. The van der Waals surface area contributed by atoms with Gasteiger partial charge in [0.1, 0.15) is 12.7 Å². The van der Waals surface area contributed by atoms with Crippen LogP contribution >= 0.6 is 0 Å². The molecule has 1 rings (SSSR count). The van der Waals surface area contributed by atoms with Crippen LogP contribution in [0.3, 0.4) is 0 Å². The van der Waals surface area contributed by atoms with Crippen molar-refractivity contribution in [1.82, 2.24) is 0 Å². The topological polar surface area (TPSA) is 44.8 Å². The highest BCUT2D eigenvalue weighted by Gasteiger charge is 2.27. The zero-order chi connectivity index (χ0) is 11.1. The number of hydrogen-bond donors (Lipinski definition) is 0. The average molecular weight is 216 g/mol. The molecule has 0 aromatic rings. The van der Waals surface area contributed by atoms with Gasteiger partial charge in [0.2, 0.25) is 0 Å². The van der Waals surface area contributed by atoms with Gasteiger partial charge in [-0.3, -0.25) is 0 Å². The Kier molecular flexibility index (Phi) is 5.65. The van der Waals surface area contributed by atoms with Gasteiger partial charge in [-0.1, -0.05) is 6.42 Å². The van der Waals surface area contributed by atoms with Gasteiger partial charge in [0.05, 0.1) is 6.10 Å². The fourth-order valence-corrected chi connectivity index (χ4v) is 1.86. The molecule has 1 fully saturated rings. The van der Waals surface area contributed by atoms with Gasteiger partial charge < -0.3 is 14.2 Å². The van der Waals surface area contributed by atoms with Crippen LogP contribution in [0.25, 0.3) is 0 Å². The van der Waals surface area contributed by atoms with Gasteiger partial charge in [0, 0.05) is 13.7 Å². The lowest BCUT2D eigenvalue weighted by molar-refractivity contribution is -0.164. The minimum absolute atomic E-state index is 0.0451. The predicted octanol–water partition coefficient (Wildman–Crippen LogP) is 1.52. The zero-order valence-corrected chi connectivity index (χ0v) is 9.53. The summed E-state index contributed by atoms with van der Waals surface area (Å²) < 4.78 is 15.6. The molecule has 0 aromatic carbocycles. The Hall–Kier alpha value is -0.610. The summed E-state index contributed by atoms with van der Waals surface area (Å²) in [5.41, 5.74) is 0. The molecule has 0 amide bonds. The highest BCUT2D eigenvalue weighted by molar-refractivity contribution is 5.70. The van der Waals surface area contributed by atoms with Crippen LogP contribution in [0.4, 0.5) is 0 Å². The molecule has 88 valence electrons. The smallest absolute Gasteiger partial charge is 0.332 e. The Balaban J connectivity index is 2.30. The Morgan fingerprint density at radius 1 is 1.27 bits per heavy atom. The summed E-state index contributed by atoms with van der Waals surface area (Å²) in [4.78, 5) is 11.3. The monoisotopic (exact) mass is 216 g/mol. The Bertz CT molecular complexity index is 193. The van der Waals surface area contributed by atoms with Crippen molar-refractivity contribution in [3.8, 4) is 0 Å². The van der Waals surface area contributed by atoms with Crippen LogP contribution in [0.1, 0.15) is 32.6 Å². The van der Waals surface area contributed by atoms with Crippen molar-refractivity contribution in [3.63, 3.8) is 0 Å². The standard InChI is InChI=1S/C11H20O4/c1-3-14-8-11(12)15-10-7-5-4-6-9(10)13-2/h9-10H,3-8H2,1-2H3/t9-,10+/m0/s1. The summed E-state index contributed by atoms with van der Waals surface area (Å²) >= 11 is 0. The molecule has 2 atom stereocenters. The van der Waals surface area contributed by atoms with E-state index in [1.807, 2.05) is 6.92 Å². The predicted molar refractivity (Wildman–Crippen MR) is 55.6 cm³/mol. The number of hydrogen-bond acceptors (Lipinski definition) is 4. The van der Waals surface area contributed by atoms with E-state index >= 15 is 0 Å². The highest BCUT2D eigenvalue weighted by Crippen LogP contribution is 2.23. The normalized spacial score (nSPS) is 26.3. The number of carbonyl (C=O) groups is 1. The summed E-state index contributed by atoms with van der Waals surface area (Å²) in [7, 11) is 1.67. The molecule has 0 radical (unpaired) electrons. The first kappa shape index (κ1) is 12.5. The Labute approximate surface area is 90.9 Å². The summed E-state index contributed by atoms with van der Waals surface area (Å²) in [6.07, 6.45) is 4.10. The lowest BCUT2D eigenvalue weighted by Gasteiger charge is -2.29. The van der Waals surface area contributed by atoms with E-state index in [0.29, 0.717) is 6.61 Å². The second-order valence-electron chi connectivity index (χ2n) is 3.72. The molecule has 0 bridgehead atoms. The molecule has 0 heterocycles. The molecule has 1 saturated carbocycles. The first-order valence-corrected chi connectivity index (χ1v) is 5.58. The van der Waals surface area contributed by atoms with Crippen LogP contribution in [0.15, 0.2) is 0 Å². The summed E-state index contributed by atoms with van der Waals surface area (Å²) in [6, 6.07) is 0. The first-order chi connectivity index (χ1) is 7.27. The van der Waals surface area contributed by atoms with Crippen molar-refractivity contribution >= 4 is 5.97 Å². The van der Waals surface area contributed by atoms with E-state index < -0.39 is 0 Å². The maximum atomic E-state index is 11.3. The van der Waals surface area contributed by atoms with Crippen molar-refractivity contribution in [3.05, 3.63) is 0 Å². The number of rotatable bonds is 5. The Morgan fingerprint density at radius 2 is 1.93 bits per heavy atom. The summed E-state index contributed by atoms with van der Waals surface area (Å²) in [5.74, 6) is -0.286. The maximum absolute atomic E-state index is 11.3. The first-order valence-electron chi connectivity index (χ1n) is 5.58. The molecular weight excluding hydrogens is 196 g/mol. The molecule has 0 aromatic heterocycles. The number of esters is 1. The van der Waals surface area contributed by atoms with Crippen molar-refractivity contribution in [2.45, 2.75) is 44.8 Å². The third kappa shape index (κ3) is 4.18.